The van der Waals surface area contributed by atoms with Crippen molar-refractivity contribution >= 4 is 6.03 Å². The quantitative estimate of drug-likeness (QED) is 0.891. The van der Waals surface area contributed by atoms with Gasteiger partial charge in [-0.2, -0.15) is 5.10 Å². The maximum Gasteiger partial charge on any atom is 0.317 e. The minimum Gasteiger partial charge on any atom is -0.384 e. The molecule has 0 aliphatic carbocycles. The molecule has 2 amide bonds. The molecule has 0 aromatic carbocycles. The number of methoxy groups -OCH3 is 1. The minimum absolute atomic E-state index is 0.0311. The van der Waals surface area contributed by atoms with E-state index in [0.717, 1.165) is 38.4 Å². The summed E-state index contributed by atoms with van der Waals surface area (Å²) >= 11 is 0. The van der Waals surface area contributed by atoms with Gasteiger partial charge in [0.1, 0.15) is 12.2 Å². The molecule has 1 aromatic rings. The lowest BCUT2D eigenvalue weighted by Gasteiger charge is -2.32. The van der Waals surface area contributed by atoms with Crippen LogP contribution in [-0.2, 0) is 11.8 Å². The zero-order valence-corrected chi connectivity index (χ0v) is 12.4. The summed E-state index contributed by atoms with van der Waals surface area (Å²) in [6, 6.07) is -0.178. The lowest BCUT2D eigenvalue weighted by atomic mass is 9.98. The molecule has 1 N–H and O–H groups in total. The SMILES string of the molecule is COCC1CCN(C(=O)NC(C)c2ncnn2C)CC1. The highest BCUT2D eigenvalue weighted by atomic mass is 16.5. The summed E-state index contributed by atoms with van der Waals surface area (Å²) in [6.45, 7) is 4.27. The van der Waals surface area contributed by atoms with Gasteiger partial charge in [0.15, 0.2) is 0 Å². The van der Waals surface area contributed by atoms with Gasteiger partial charge in [-0.15, -0.1) is 0 Å². The van der Waals surface area contributed by atoms with E-state index in [2.05, 4.69) is 15.4 Å². The number of hydrogen-bond donors (Lipinski definition) is 1. The molecule has 20 heavy (non-hydrogen) atoms. The molecular formula is C13H23N5O2. The first kappa shape index (κ1) is 14.8. The van der Waals surface area contributed by atoms with Gasteiger partial charge >= 0.3 is 6.03 Å². The molecule has 0 saturated carbocycles. The molecule has 1 aromatic heterocycles. The molecule has 7 heteroatoms. The number of urea groups is 1. The third kappa shape index (κ3) is 3.47. The Balaban J connectivity index is 1.82. The Labute approximate surface area is 119 Å². The summed E-state index contributed by atoms with van der Waals surface area (Å²) in [7, 11) is 3.54. The summed E-state index contributed by atoms with van der Waals surface area (Å²) in [5.74, 6) is 1.33. The van der Waals surface area contributed by atoms with Gasteiger partial charge in [-0.3, -0.25) is 4.68 Å². The van der Waals surface area contributed by atoms with E-state index < -0.39 is 0 Å². The van der Waals surface area contributed by atoms with Crippen LogP contribution in [0.15, 0.2) is 6.33 Å². The van der Waals surface area contributed by atoms with E-state index in [1.807, 2.05) is 18.9 Å². The van der Waals surface area contributed by atoms with Crippen LogP contribution in [0.25, 0.3) is 0 Å². The van der Waals surface area contributed by atoms with Crippen molar-refractivity contribution in [2.75, 3.05) is 26.8 Å². The fourth-order valence-electron chi connectivity index (χ4n) is 2.58. The molecule has 7 nitrogen and oxygen atoms in total. The van der Waals surface area contributed by atoms with E-state index in [4.69, 9.17) is 4.74 Å². The second-order valence-electron chi connectivity index (χ2n) is 5.30. The van der Waals surface area contributed by atoms with Crippen molar-refractivity contribution in [3.05, 3.63) is 12.2 Å². The van der Waals surface area contributed by atoms with Gasteiger partial charge in [-0.25, -0.2) is 9.78 Å². The van der Waals surface area contributed by atoms with Gasteiger partial charge in [0, 0.05) is 33.9 Å². The fraction of sp³-hybridized carbons (Fsp3) is 0.769. The third-order valence-corrected chi connectivity index (χ3v) is 3.78. The second kappa shape index (κ2) is 6.69. The highest BCUT2D eigenvalue weighted by molar-refractivity contribution is 5.74. The molecule has 0 radical (unpaired) electrons. The van der Waals surface area contributed by atoms with Crippen molar-refractivity contribution in [1.82, 2.24) is 25.0 Å². The van der Waals surface area contributed by atoms with Gasteiger partial charge in [0.05, 0.1) is 6.04 Å². The van der Waals surface area contributed by atoms with Crippen molar-refractivity contribution in [1.29, 1.82) is 0 Å². The van der Waals surface area contributed by atoms with Gasteiger partial charge in [0.25, 0.3) is 0 Å². The normalized spacial score (nSPS) is 18.1. The van der Waals surface area contributed by atoms with Crippen molar-refractivity contribution in [3.8, 4) is 0 Å². The van der Waals surface area contributed by atoms with Crippen LogP contribution in [0, 0.1) is 5.92 Å². The van der Waals surface area contributed by atoms with Gasteiger partial charge < -0.3 is 15.0 Å². The molecule has 2 heterocycles. The van der Waals surface area contributed by atoms with E-state index in [1.54, 1.807) is 11.8 Å². The number of nitrogens with zero attached hydrogens (tertiary/aromatic N) is 4. The zero-order chi connectivity index (χ0) is 14.5. The topological polar surface area (TPSA) is 72.3 Å². The largest absolute Gasteiger partial charge is 0.384 e. The predicted molar refractivity (Wildman–Crippen MR) is 74.1 cm³/mol. The van der Waals surface area contributed by atoms with Crippen molar-refractivity contribution < 1.29 is 9.53 Å². The molecule has 112 valence electrons. The molecule has 0 spiro atoms. The van der Waals surface area contributed by atoms with Crippen molar-refractivity contribution in [2.45, 2.75) is 25.8 Å². The summed E-state index contributed by atoms with van der Waals surface area (Å²) < 4.78 is 6.84. The van der Waals surface area contributed by atoms with Crippen molar-refractivity contribution in [2.24, 2.45) is 13.0 Å². The lowest BCUT2D eigenvalue weighted by Crippen LogP contribution is -2.45. The standard InChI is InChI=1S/C13H23N5O2/c1-10(12-14-9-15-17(12)2)16-13(19)18-6-4-11(5-7-18)8-20-3/h9-11H,4-8H2,1-3H3,(H,16,19). The minimum atomic E-state index is -0.147. The first-order chi connectivity index (χ1) is 9.61. The van der Waals surface area contributed by atoms with Crippen LogP contribution in [-0.4, -0.2) is 52.5 Å². The summed E-state index contributed by atoms with van der Waals surface area (Å²) in [5, 5.41) is 6.99. The van der Waals surface area contributed by atoms with Crippen LogP contribution in [0.3, 0.4) is 0 Å². The number of nitrogens with one attached hydrogen (secondary N) is 1. The van der Waals surface area contributed by atoms with Gasteiger partial charge in [-0.05, 0) is 25.7 Å². The molecule has 1 aliphatic rings. The first-order valence-electron chi connectivity index (χ1n) is 7.00. The number of carbonyl (C=O) groups excluding carboxylic acids is 1. The number of ether oxygens (including phenoxy) is 1. The number of piperidine rings is 1. The molecule has 1 atom stereocenters. The average Bonchev–Trinajstić information content (AvgIpc) is 2.86. The highest BCUT2D eigenvalue weighted by Gasteiger charge is 2.24. The number of aryl methyl sites for hydroxylation is 1. The van der Waals surface area contributed by atoms with E-state index in [0.29, 0.717) is 5.92 Å². The monoisotopic (exact) mass is 281 g/mol. The van der Waals surface area contributed by atoms with E-state index in [-0.39, 0.29) is 12.1 Å². The Morgan fingerprint density at radius 1 is 1.55 bits per heavy atom. The number of amides is 2. The first-order valence-corrected chi connectivity index (χ1v) is 7.00. The second-order valence-corrected chi connectivity index (χ2v) is 5.30. The molecule has 0 bridgehead atoms. The summed E-state index contributed by atoms with van der Waals surface area (Å²) in [6.07, 6.45) is 3.49. The Bertz CT molecular complexity index is 440. The Kier molecular flexibility index (Phi) is 4.94. The smallest absolute Gasteiger partial charge is 0.317 e. The summed E-state index contributed by atoms with van der Waals surface area (Å²) in [4.78, 5) is 18.2. The molecule has 1 fully saturated rings. The van der Waals surface area contributed by atoms with E-state index >= 15 is 0 Å². The summed E-state index contributed by atoms with van der Waals surface area (Å²) in [5.41, 5.74) is 0. The molecule has 1 saturated heterocycles. The maximum absolute atomic E-state index is 12.2. The molecule has 1 unspecified atom stereocenters. The number of rotatable bonds is 4. The van der Waals surface area contributed by atoms with Crippen LogP contribution in [0.4, 0.5) is 4.79 Å². The maximum atomic E-state index is 12.2. The Morgan fingerprint density at radius 2 is 2.25 bits per heavy atom. The van der Waals surface area contributed by atoms with Crippen LogP contribution >= 0.6 is 0 Å². The molecular weight excluding hydrogens is 258 g/mol. The average molecular weight is 281 g/mol. The van der Waals surface area contributed by atoms with Crippen LogP contribution in [0.5, 0.6) is 0 Å². The van der Waals surface area contributed by atoms with Crippen LogP contribution in [0.1, 0.15) is 31.6 Å². The number of hydrogen-bond acceptors (Lipinski definition) is 4. The van der Waals surface area contributed by atoms with E-state index in [9.17, 15) is 4.79 Å². The predicted octanol–water partition coefficient (Wildman–Crippen LogP) is 0.944. The van der Waals surface area contributed by atoms with Crippen molar-refractivity contribution in [3.63, 3.8) is 0 Å². The zero-order valence-electron chi connectivity index (χ0n) is 12.4. The third-order valence-electron chi connectivity index (χ3n) is 3.78. The van der Waals surface area contributed by atoms with E-state index in [1.165, 1.54) is 6.33 Å². The van der Waals surface area contributed by atoms with Crippen LogP contribution in [0.2, 0.25) is 0 Å². The fourth-order valence-corrected chi connectivity index (χ4v) is 2.58. The molecule has 2 rings (SSSR count). The Morgan fingerprint density at radius 3 is 2.80 bits per heavy atom. The lowest BCUT2D eigenvalue weighted by molar-refractivity contribution is 0.106. The molecule has 1 aliphatic heterocycles. The van der Waals surface area contributed by atoms with Crippen LogP contribution < -0.4 is 5.32 Å². The highest BCUT2D eigenvalue weighted by Crippen LogP contribution is 2.18. The Hall–Kier alpha value is -1.63. The van der Waals surface area contributed by atoms with Gasteiger partial charge in [0.2, 0.25) is 0 Å². The van der Waals surface area contributed by atoms with Gasteiger partial charge in [-0.1, -0.05) is 0 Å². The number of likely N-dealkylation sites (tertiary alicyclic amines) is 1. The number of aromatic nitrogens is 3. The number of carbonyl (C=O) groups is 1.